The monoisotopic (exact) mass is 165 g/mol. The number of phenolic OH excluding ortho intramolecular Hbond substituents is 1. The van der Waals surface area contributed by atoms with Gasteiger partial charge in [-0.3, -0.25) is 0 Å². The first-order valence-corrected chi connectivity index (χ1v) is 4.20. The molecule has 0 fully saturated rings. The van der Waals surface area contributed by atoms with Crippen LogP contribution in [0.5, 0.6) is 5.75 Å². The zero-order valence-corrected chi connectivity index (χ0v) is 7.54. The Morgan fingerprint density at radius 1 is 1.50 bits per heavy atom. The Balaban J connectivity index is 3.01. The fourth-order valence-electron chi connectivity index (χ4n) is 1.30. The van der Waals surface area contributed by atoms with Crippen molar-refractivity contribution >= 4 is 0 Å². The fourth-order valence-corrected chi connectivity index (χ4v) is 1.30. The van der Waals surface area contributed by atoms with Crippen molar-refractivity contribution < 1.29 is 5.11 Å². The topological polar surface area (TPSA) is 46.2 Å². The van der Waals surface area contributed by atoms with Gasteiger partial charge in [0, 0.05) is 6.04 Å². The maximum Gasteiger partial charge on any atom is 0.115 e. The molecule has 1 aromatic carbocycles. The summed E-state index contributed by atoms with van der Waals surface area (Å²) < 4.78 is 0. The van der Waals surface area contributed by atoms with E-state index < -0.39 is 0 Å². The van der Waals surface area contributed by atoms with Gasteiger partial charge >= 0.3 is 0 Å². The van der Waals surface area contributed by atoms with Gasteiger partial charge in [-0.25, -0.2) is 0 Å². The van der Waals surface area contributed by atoms with Crippen molar-refractivity contribution in [3.63, 3.8) is 0 Å². The summed E-state index contributed by atoms with van der Waals surface area (Å²) in [5, 5.41) is 9.15. The molecule has 0 saturated carbocycles. The molecule has 2 nitrogen and oxygen atoms in total. The first kappa shape index (κ1) is 9.07. The summed E-state index contributed by atoms with van der Waals surface area (Å²) in [5.74, 6) is 0.305. The summed E-state index contributed by atoms with van der Waals surface area (Å²) in [4.78, 5) is 0. The summed E-state index contributed by atoms with van der Waals surface area (Å²) in [7, 11) is 0. The number of aryl methyl sites for hydroxylation is 1. The third kappa shape index (κ3) is 1.77. The van der Waals surface area contributed by atoms with E-state index in [1.165, 1.54) is 0 Å². The number of aromatic hydroxyl groups is 1. The summed E-state index contributed by atoms with van der Waals surface area (Å²) in [5.41, 5.74) is 8.04. The minimum absolute atomic E-state index is 0.0885. The van der Waals surface area contributed by atoms with E-state index in [1.54, 1.807) is 12.1 Å². The van der Waals surface area contributed by atoms with Crippen LogP contribution in [-0.2, 0) is 0 Å². The van der Waals surface area contributed by atoms with Crippen LogP contribution in [0.4, 0.5) is 0 Å². The SMILES string of the molecule is CC[C@@H](N)c1ccc(O)cc1C. The number of rotatable bonds is 2. The van der Waals surface area contributed by atoms with Crippen LogP contribution in [0.15, 0.2) is 18.2 Å². The molecule has 0 amide bonds. The van der Waals surface area contributed by atoms with Crippen molar-refractivity contribution in [2.75, 3.05) is 0 Å². The maximum absolute atomic E-state index is 9.15. The van der Waals surface area contributed by atoms with Crippen LogP contribution in [0.2, 0.25) is 0 Å². The molecule has 0 spiro atoms. The molecule has 2 heteroatoms. The summed E-state index contributed by atoms with van der Waals surface area (Å²) in [6.45, 7) is 4.02. The van der Waals surface area contributed by atoms with Crippen LogP contribution >= 0.6 is 0 Å². The van der Waals surface area contributed by atoms with Crippen molar-refractivity contribution in [2.24, 2.45) is 5.73 Å². The zero-order chi connectivity index (χ0) is 9.14. The largest absolute Gasteiger partial charge is 0.508 e. The number of nitrogens with two attached hydrogens (primary N) is 1. The first-order valence-electron chi connectivity index (χ1n) is 4.20. The zero-order valence-electron chi connectivity index (χ0n) is 7.54. The molecule has 0 aromatic heterocycles. The van der Waals surface area contributed by atoms with Gasteiger partial charge in [0.1, 0.15) is 5.75 Å². The Kier molecular flexibility index (Phi) is 2.71. The number of phenols is 1. The third-order valence-corrected chi connectivity index (χ3v) is 2.09. The van der Waals surface area contributed by atoms with Crippen LogP contribution in [0.1, 0.15) is 30.5 Å². The lowest BCUT2D eigenvalue weighted by Gasteiger charge is -2.12. The van der Waals surface area contributed by atoms with E-state index in [9.17, 15) is 0 Å². The number of benzene rings is 1. The van der Waals surface area contributed by atoms with Crippen molar-refractivity contribution in [1.29, 1.82) is 0 Å². The normalized spacial score (nSPS) is 12.9. The molecule has 0 unspecified atom stereocenters. The highest BCUT2D eigenvalue weighted by Crippen LogP contribution is 2.21. The molecule has 3 N–H and O–H groups in total. The standard InChI is InChI=1S/C10H15NO/c1-3-10(11)9-5-4-8(12)6-7(9)2/h4-6,10,12H,3,11H2,1-2H3/t10-/m1/s1. The van der Waals surface area contributed by atoms with E-state index in [2.05, 4.69) is 6.92 Å². The van der Waals surface area contributed by atoms with Gasteiger partial charge in [-0.05, 0) is 36.6 Å². The van der Waals surface area contributed by atoms with Gasteiger partial charge in [-0.15, -0.1) is 0 Å². The lowest BCUT2D eigenvalue weighted by Crippen LogP contribution is -2.09. The molecule has 0 saturated heterocycles. The van der Waals surface area contributed by atoms with Gasteiger partial charge in [0.05, 0.1) is 0 Å². The predicted octanol–water partition coefficient (Wildman–Crippen LogP) is 2.11. The molecule has 0 bridgehead atoms. The molecular formula is C10H15NO. The van der Waals surface area contributed by atoms with E-state index in [0.717, 1.165) is 17.5 Å². The highest BCUT2D eigenvalue weighted by molar-refractivity contribution is 5.35. The predicted molar refractivity (Wildman–Crippen MR) is 50.1 cm³/mol. The van der Waals surface area contributed by atoms with Gasteiger partial charge in [-0.1, -0.05) is 13.0 Å². The van der Waals surface area contributed by atoms with E-state index in [0.29, 0.717) is 5.75 Å². The van der Waals surface area contributed by atoms with Crippen LogP contribution < -0.4 is 5.73 Å². The maximum atomic E-state index is 9.15. The van der Waals surface area contributed by atoms with Crippen molar-refractivity contribution in [2.45, 2.75) is 26.3 Å². The van der Waals surface area contributed by atoms with Gasteiger partial charge in [0.2, 0.25) is 0 Å². The minimum atomic E-state index is 0.0885. The van der Waals surface area contributed by atoms with Crippen LogP contribution in [0.25, 0.3) is 0 Å². The van der Waals surface area contributed by atoms with Gasteiger partial charge in [-0.2, -0.15) is 0 Å². The summed E-state index contributed by atoms with van der Waals surface area (Å²) in [6, 6.07) is 5.40. The summed E-state index contributed by atoms with van der Waals surface area (Å²) in [6.07, 6.45) is 0.922. The lowest BCUT2D eigenvalue weighted by molar-refractivity contribution is 0.474. The minimum Gasteiger partial charge on any atom is -0.508 e. The molecule has 0 radical (unpaired) electrons. The van der Waals surface area contributed by atoms with Crippen LogP contribution in [0, 0.1) is 6.92 Å². The van der Waals surface area contributed by atoms with E-state index in [1.807, 2.05) is 13.0 Å². The highest BCUT2D eigenvalue weighted by Gasteiger charge is 2.06. The second-order valence-electron chi connectivity index (χ2n) is 3.06. The van der Waals surface area contributed by atoms with E-state index in [4.69, 9.17) is 10.8 Å². The van der Waals surface area contributed by atoms with Gasteiger partial charge < -0.3 is 10.8 Å². The molecule has 0 aliphatic heterocycles. The van der Waals surface area contributed by atoms with Crippen LogP contribution in [-0.4, -0.2) is 5.11 Å². The van der Waals surface area contributed by atoms with Crippen molar-refractivity contribution in [3.8, 4) is 5.75 Å². The first-order chi connectivity index (χ1) is 5.65. The van der Waals surface area contributed by atoms with Gasteiger partial charge in [0.25, 0.3) is 0 Å². The Labute approximate surface area is 73.0 Å². The Morgan fingerprint density at radius 2 is 2.17 bits per heavy atom. The Morgan fingerprint density at radius 3 is 2.67 bits per heavy atom. The lowest BCUT2D eigenvalue weighted by atomic mass is 10.00. The molecule has 66 valence electrons. The molecule has 0 heterocycles. The Bertz CT molecular complexity index is 271. The van der Waals surface area contributed by atoms with Crippen molar-refractivity contribution in [1.82, 2.24) is 0 Å². The van der Waals surface area contributed by atoms with E-state index >= 15 is 0 Å². The smallest absolute Gasteiger partial charge is 0.115 e. The summed E-state index contributed by atoms with van der Waals surface area (Å²) >= 11 is 0. The second-order valence-corrected chi connectivity index (χ2v) is 3.06. The average Bonchev–Trinajstić information content (AvgIpc) is 2.03. The second kappa shape index (κ2) is 3.59. The molecule has 1 atom stereocenters. The molecule has 1 aromatic rings. The Hall–Kier alpha value is -1.02. The quantitative estimate of drug-likeness (QED) is 0.705. The molecule has 1 rings (SSSR count). The molecule has 0 aliphatic rings. The van der Waals surface area contributed by atoms with Crippen molar-refractivity contribution in [3.05, 3.63) is 29.3 Å². The third-order valence-electron chi connectivity index (χ3n) is 2.09. The number of hydrogen-bond donors (Lipinski definition) is 2. The number of hydrogen-bond acceptors (Lipinski definition) is 2. The molecular weight excluding hydrogens is 150 g/mol. The van der Waals surface area contributed by atoms with Gasteiger partial charge in [0.15, 0.2) is 0 Å². The molecule has 0 aliphatic carbocycles. The van der Waals surface area contributed by atoms with Crippen LogP contribution in [0.3, 0.4) is 0 Å². The van der Waals surface area contributed by atoms with E-state index in [-0.39, 0.29) is 6.04 Å². The molecule has 12 heavy (non-hydrogen) atoms. The highest BCUT2D eigenvalue weighted by atomic mass is 16.3. The average molecular weight is 165 g/mol. The fraction of sp³-hybridized carbons (Fsp3) is 0.400.